The minimum absolute atomic E-state index is 0.0250. The van der Waals surface area contributed by atoms with Crippen molar-refractivity contribution in [3.63, 3.8) is 0 Å². The van der Waals surface area contributed by atoms with Crippen LogP contribution in [-0.4, -0.2) is 56.4 Å². The summed E-state index contributed by atoms with van der Waals surface area (Å²) in [5, 5.41) is 11.7. The van der Waals surface area contributed by atoms with Gasteiger partial charge in [0.1, 0.15) is 17.0 Å². The van der Waals surface area contributed by atoms with E-state index in [1.807, 2.05) is 25.4 Å². The molecule has 0 radical (unpaired) electrons. The van der Waals surface area contributed by atoms with Crippen molar-refractivity contribution in [2.75, 3.05) is 19.5 Å². The van der Waals surface area contributed by atoms with Crippen LogP contribution in [0.3, 0.4) is 0 Å². The monoisotopic (exact) mass is 431 g/mol. The van der Waals surface area contributed by atoms with Crippen LogP contribution in [0, 0.1) is 0 Å². The van der Waals surface area contributed by atoms with Crippen molar-refractivity contribution in [3.05, 3.63) is 42.4 Å². The third kappa shape index (κ3) is 2.96. The molecule has 0 bridgehead atoms. The first-order valence-electron chi connectivity index (χ1n) is 11.0. The van der Waals surface area contributed by atoms with Crippen LogP contribution < -0.4 is 10.6 Å². The number of hydrogen-bond acceptors (Lipinski definition) is 6. The Bertz CT molecular complexity index is 1340. The Hall–Kier alpha value is -3.46. The van der Waals surface area contributed by atoms with Crippen molar-refractivity contribution in [3.8, 4) is 11.3 Å². The molecule has 0 aromatic carbocycles. The number of nitrogens with one attached hydrogen (secondary N) is 2. The number of ether oxygens (including phenoxy) is 1. The Morgan fingerprint density at radius 2 is 2.09 bits per heavy atom. The molecule has 1 amide bonds. The number of pyridine rings is 1. The van der Waals surface area contributed by atoms with Crippen LogP contribution in [0.2, 0.25) is 0 Å². The summed E-state index contributed by atoms with van der Waals surface area (Å²) < 4.78 is 9.34. The molecule has 0 unspecified atom stereocenters. The number of hydrogen-bond donors (Lipinski definition) is 2. The molecule has 0 spiro atoms. The van der Waals surface area contributed by atoms with Gasteiger partial charge >= 0.3 is 0 Å². The van der Waals surface area contributed by atoms with E-state index in [1.54, 1.807) is 17.8 Å². The molecule has 9 heteroatoms. The van der Waals surface area contributed by atoms with E-state index < -0.39 is 0 Å². The van der Waals surface area contributed by atoms with Crippen LogP contribution in [0.25, 0.3) is 27.9 Å². The highest BCUT2D eigenvalue weighted by atomic mass is 16.5. The average Bonchev–Trinajstić information content (AvgIpc) is 3.43. The van der Waals surface area contributed by atoms with Gasteiger partial charge in [0.25, 0.3) is 5.91 Å². The number of methoxy groups -OCH3 is 1. The van der Waals surface area contributed by atoms with Gasteiger partial charge in [0.15, 0.2) is 5.65 Å². The van der Waals surface area contributed by atoms with Crippen molar-refractivity contribution in [1.82, 2.24) is 29.5 Å². The first-order valence-corrected chi connectivity index (χ1v) is 11.0. The number of anilines is 1. The van der Waals surface area contributed by atoms with Gasteiger partial charge in [-0.2, -0.15) is 9.61 Å². The molecule has 2 atom stereocenters. The summed E-state index contributed by atoms with van der Waals surface area (Å²) in [7, 11) is 3.52. The third-order valence-corrected chi connectivity index (χ3v) is 6.61. The van der Waals surface area contributed by atoms with Crippen molar-refractivity contribution >= 4 is 28.4 Å². The summed E-state index contributed by atoms with van der Waals surface area (Å²) in [4.78, 5) is 22.6. The molecule has 0 aliphatic heterocycles. The maximum atomic E-state index is 13.1. The van der Waals surface area contributed by atoms with Gasteiger partial charge < -0.3 is 19.9 Å². The molecule has 9 nitrogen and oxygen atoms in total. The first-order chi connectivity index (χ1) is 15.7. The molecule has 4 aromatic rings. The summed E-state index contributed by atoms with van der Waals surface area (Å²) in [5.41, 5.74) is 3.74. The second kappa shape index (κ2) is 7.30. The third-order valence-electron chi connectivity index (χ3n) is 6.61. The topological polar surface area (TPSA) is 98.4 Å². The molecule has 2 N–H and O–H groups in total. The van der Waals surface area contributed by atoms with Crippen LogP contribution in [0.4, 0.5) is 5.82 Å². The molecule has 2 aliphatic rings. The van der Waals surface area contributed by atoms with Crippen LogP contribution >= 0.6 is 0 Å². The van der Waals surface area contributed by atoms with Crippen molar-refractivity contribution in [2.24, 2.45) is 0 Å². The van der Waals surface area contributed by atoms with Crippen molar-refractivity contribution < 1.29 is 9.53 Å². The van der Waals surface area contributed by atoms with E-state index in [4.69, 9.17) is 9.72 Å². The van der Waals surface area contributed by atoms with E-state index in [1.165, 1.54) is 12.8 Å². The Labute approximate surface area is 184 Å². The zero-order valence-corrected chi connectivity index (χ0v) is 18.1. The van der Waals surface area contributed by atoms with Gasteiger partial charge in [-0.3, -0.25) is 4.79 Å². The van der Waals surface area contributed by atoms with E-state index in [2.05, 4.69) is 37.5 Å². The first kappa shape index (κ1) is 19.2. The fourth-order valence-corrected chi connectivity index (χ4v) is 4.52. The van der Waals surface area contributed by atoms with Crippen LogP contribution in [0.5, 0.6) is 0 Å². The van der Waals surface area contributed by atoms with Gasteiger partial charge in [-0.15, -0.1) is 0 Å². The van der Waals surface area contributed by atoms with Gasteiger partial charge in [-0.25, -0.2) is 9.97 Å². The standard InChI is InChI=1S/C23H25N7O2/c1-24-20-10-18(16-12-29(13-5-6-13)21-14(16)4-3-9-25-21)27-22-15(11-26-30(20)22)23(31)28-17-7-8-19(17)32-2/h3-4,9-13,17,19,24H,5-8H2,1-2H3,(H,28,31)/t17-,19-/m1/s1. The maximum absolute atomic E-state index is 13.1. The molecule has 0 saturated heterocycles. The highest BCUT2D eigenvalue weighted by Crippen LogP contribution is 2.40. The molecule has 2 saturated carbocycles. The number of nitrogens with zero attached hydrogens (tertiary/aromatic N) is 5. The maximum Gasteiger partial charge on any atom is 0.257 e. The largest absolute Gasteiger partial charge is 0.379 e. The van der Waals surface area contributed by atoms with Crippen LogP contribution in [0.15, 0.2) is 36.8 Å². The quantitative estimate of drug-likeness (QED) is 0.487. The van der Waals surface area contributed by atoms with E-state index >= 15 is 0 Å². The zero-order chi connectivity index (χ0) is 21.8. The molecule has 4 heterocycles. The average molecular weight is 432 g/mol. The van der Waals surface area contributed by atoms with E-state index in [-0.39, 0.29) is 18.1 Å². The number of fused-ring (bicyclic) bond motifs is 2. The van der Waals surface area contributed by atoms with Gasteiger partial charge in [-0.05, 0) is 37.8 Å². The molecule has 164 valence electrons. The zero-order valence-electron chi connectivity index (χ0n) is 18.1. The highest BCUT2D eigenvalue weighted by molar-refractivity contribution is 6.01. The Kier molecular flexibility index (Phi) is 4.39. The van der Waals surface area contributed by atoms with E-state index in [0.717, 1.165) is 41.0 Å². The number of carbonyl (C=O) groups excluding carboxylic acids is 1. The second-order valence-corrected chi connectivity index (χ2v) is 8.56. The lowest BCUT2D eigenvalue weighted by Crippen LogP contribution is -2.51. The fourth-order valence-electron chi connectivity index (χ4n) is 4.52. The number of rotatable bonds is 6. The lowest BCUT2D eigenvalue weighted by atomic mass is 9.89. The lowest BCUT2D eigenvalue weighted by Gasteiger charge is -2.35. The van der Waals surface area contributed by atoms with Gasteiger partial charge in [0.05, 0.1) is 24.0 Å². The normalized spacial score (nSPS) is 20.4. The second-order valence-electron chi connectivity index (χ2n) is 8.56. The molecule has 2 fully saturated rings. The summed E-state index contributed by atoms with van der Waals surface area (Å²) in [6, 6.07) is 6.52. The number of carbonyl (C=O) groups is 1. The van der Waals surface area contributed by atoms with Gasteiger partial charge in [-0.1, -0.05) is 0 Å². The Morgan fingerprint density at radius 3 is 2.81 bits per heavy atom. The summed E-state index contributed by atoms with van der Waals surface area (Å²) >= 11 is 0. The SMILES string of the molecule is CNc1cc(-c2cn(C3CC3)c3ncccc23)nc2c(C(=O)N[C@@H]3CC[C@H]3OC)cnn12. The minimum atomic E-state index is -0.180. The number of amides is 1. The fraction of sp³-hybridized carbons (Fsp3) is 0.391. The van der Waals surface area contributed by atoms with Crippen molar-refractivity contribution in [2.45, 2.75) is 43.9 Å². The van der Waals surface area contributed by atoms with Gasteiger partial charge in [0, 0.05) is 49.6 Å². The molecule has 4 aromatic heterocycles. The predicted molar refractivity (Wildman–Crippen MR) is 121 cm³/mol. The Balaban J connectivity index is 1.46. The van der Waals surface area contributed by atoms with Crippen LogP contribution in [-0.2, 0) is 4.74 Å². The molecular weight excluding hydrogens is 406 g/mol. The molecule has 32 heavy (non-hydrogen) atoms. The summed E-state index contributed by atoms with van der Waals surface area (Å²) in [6.07, 6.45) is 9.83. The lowest BCUT2D eigenvalue weighted by molar-refractivity contribution is 0.00732. The predicted octanol–water partition coefficient (Wildman–Crippen LogP) is 3.03. The van der Waals surface area contributed by atoms with E-state index in [9.17, 15) is 4.79 Å². The van der Waals surface area contributed by atoms with Crippen molar-refractivity contribution in [1.29, 1.82) is 0 Å². The Morgan fingerprint density at radius 1 is 1.22 bits per heavy atom. The highest BCUT2D eigenvalue weighted by Gasteiger charge is 2.33. The number of aromatic nitrogens is 5. The summed E-state index contributed by atoms with van der Waals surface area (Å²) in [6.45, 7) is 0. The molecular formula is C23H25N7O2. The minimum Gasteiger partial charge on any atom is -0.379 e. The van der Waals surface area contributed by atoms with E-state index in [0.29, 0.717) is 17.3 Å². The summed E-state index contributed by atoms with van der Waals surface area (Å²) in [5.74, 6) is 0.583. The smallest absolute Gasteiger partial charge is 0.257 e. The molecule has 2 aliphatic carbocycles. The molecule has 6 rings (SSSR count). The van der Waals surface area contributed by atoms with Gasteiger partial charge in [0.2, 0.25) is 0 Å². The van der Waals surface area contributed by atoms with Crippen LogP contribution in [0.1, 0.15) is 42.1 Å².